The molecule has 4 rings (SSSR count). The van der Waals surface area contributed by atoms with Gasteiger partial charge in [-0.25, -0.2) is 16.8 Å². The average molecular weight is 847 g/mol. The van der Waals surface area contributed by atoms with Crippen LogP contribution < -0.4 is 0 Å². The van der Waals surface area contributed by atoms with Crippen LogP contribution >= 0.6 is 0 Å². The van der Waals surface area contributed by atoms with Crippen LogP contribution in [0.25, 0.3) is 21.5 Å². The summed E-state index contributed by atoms with van der Waals surface area (Å²) in [4.78, 5) is -0.0637. The third-order valence-electron chi connectivity index (χ3n) is 11.1. The van der Waals surface area contributed by atoms with Crippen LogP contribution in [-0.4, -0.2) is 63.7 Å². The molecule has 9 heteroatoms. The van der Waals surface area contributed by atoms with Crippen LogP contribution in [0.3, 0.4) is 0 Å². The zero-order chi connectivity index (χ0) is 40.8. The Hall–Kier alpha value is -1.52. The smallest absolute Gasteiger partial charge is 0.744 e. The molecule has 0 bridgehead atoms. The second kappa shape index (κ2) is 28.1. The normalized spacial score (nSPS) is 11.8. The van der Waals surface area contributed by atoms with E-state index < -0.39 is 20.2 Å². The van der Waals surface area contributed by atoms with Crippen molar-refractivity contribution in [3.05, 3.63) is 82.9 Å². The SMILES string of the molecule is CCCCCCCc1cccc2c(CCCCCCC)c(S(=O)(=O)[O-])ccc12.CCCCCCCc1cccc2c(CCCCCCC)c(S(=O)(=O)[O-])ccc12.[Ca+2]. The van der Waals surface area contributed by atoms with Crippen molar-refractivity contribution in [3.63, 3.8) is 0 Å². The minimum Gasteiger partial charge on any atom is -0.744 e. The van der Waals surface area contributed by atoms with E-state index in [1.165, 1.54) is 100 Å². The van der Waals surface area contributed by atoms with Gasteiger partial charge in [-0.1, -0.05) is 179 Å². The number of hydrogen-bond donors (Lipinski definition) is 0. The van der Waals surface area contributed by atoms with Crippen molar-refractivity contribution in [2.75, 3.05) is 0 Å². The van der Waals surface area contributed by atoms with Crippen LogP contribution in [-0.2, 0) is 45.9 Å². The van der Waals surface area contributed by atoms with Gasteiger partial charge in [-0.05, 0) is 107 Å². The Morgan fingerprint density at radius 1 is 0.368 bits per heavy atom. The third-order valence-corrected chi connectivity index (χ3v) is 13.0. The van der Waals surface area contributed by atoms with Gasteiger partial charge in [-0.15, -0.1) is 0 Å². The van der Waals surface area contributed by atoms with Gasteiger partial charge in [0.25, 0.3) is 0 Å². The quantitative estimate of drug-likeness (QED) is 0.0353. The van der Waals surface area contributed by atoms with E-state index in [9.17, 15) is 25.9 Å². The molecule has 57 heavy (non-hydrogen) atoms. The minimum absolute atomic E-state index is 0. The van der Waals surface area contributed by atoms with Gasteiger partial charge in [0.2, 0.25) is 0 Å². The molecule has 0 aliphatic heterocycles. The van der Waals surface area contributed by atoms with Crippen molar-refractivity contribution < 1.29 is 25.9 Å². The molecule has 0 N–H and O–H groups in total. The molecule has 0 aromatic heterocycles. The summed E-state index contributed by atoms with van der Waals surface area (Å²) in [6.45, 7) is 8.79. The molecule has 0 fully saturated rings. The van der Waals surface area contributed by atoms with E-state index in [0.29, 0.717) is 12.8 Å². The Morgan fingerprint density at radius 2 is 0.667 bits per heavy atom. The first-order valence-corrected chi connectivity index (χ1v) is 24.8. The molecule has 0 heterocycles. The molecular weight excluding hydrogens is 777 g/mol. The largest absolute Gasteiger partial charge is 2.00 e. The van der Waals surface area contributed by atoms with Crippen molar-refractivity contribution in [1.82, 2.24) is 0 Å². The van der Waals surface area contributed by atoms with Gasteiger partial charge >= 0.3 is 37.7 Å². The molecule has 0 saturated carbocycles. The van der Waals surface area contributed by atoms with E-state index in [1.54, 1.807) is 0 Å². The topological polar surface area (TPSA) is 114 Å². The molecule has 0 aliphatic rings. The van der Waals surface area contributed by atoms with Crippen LogP contribution in [0.1, 0.15) is 178 Å². The van der Waals surface area contributed by atoms with Gasteiger partial charge in [0.1, 0.15) is 20.2 Å². The number of aryl methyl sites for hydroxylation is 4. The summed E-state index contributed by atoms with van der Waals surface area (Å²) in [7, 11) is -8.92. The molecule has 0 spiro atoms. The Kier molecular flexibility index (Phi) is 25.4. The number of rotatable bonds is 26. The van der Waals surface area contributed by atoms with Crippen molar-refractivity contribution in [2.24, 2.45) is 0 Å². The van der Waals surface area contributed by atoms with Crippen molar-refractivity contribution in [3.8, 4) is 0 Å². The Balaban J connectivity index is 0.000000387. The molecule has 0 unspecified atom stereocenters. The molecule has 0 aliphatic carbocycles. The maximum absolute atomic E-state index is 11.8. The fourth-order valence-electron chi connectivity index (χ4n) is 8.00. The molecule has 4 aromatic carbocycles. The summed E-state index contributed by atoms with van der Waals surface area (Å²) in [5.41, 5.74) is 3.96. The van der Waals surface area contributed by atoms with E-state index in [1.807, 2.05) is 36.4 Å². The Morgan fingerprint density at radius 3 is 0.965 bits per heavy atom. The first-order valence-electron chi connectivity index (χ1n) is 22.0. The van der Waals surface area contributed by atoms with Crippen molar-refractivity contribution >= 4 is 79.5 Å². The van der Waals surface area contributed by atoms with E-state index >= 15 is 0 Å². The molecule has 0 saturated heterocycles. The van der Waals surface area contributed by atoms with Gasteiger partial charge < -0.3 is 9.11 Å². The Bertz CT molecular complexity index is 1830. The predicted octanol–water partition coefficient (Wildman–Crippen LogP) is 13.2. The maximum atomic E-state index is 11.8. The monoisotopic (exact) mass is 846 g/mol. The van der Waals surface area contributed by atoms with Crippen LogP contribution in [0, 0.1) is 0 Å². The van der Waals surface area contributed by atoms with Crippen LogP contribution in [0.2, 0.25) is 0 Å². The second-order valence-corrected chi connectivity index (χ2v) is 18.4. The van der Waals surface area contributed by atoms with Gasteiger partial charge in [-0.2, -0.15) is 0 Å². The molecular formula is C48H70CaO6S2. The fourth-order valence-corrected chi connectivity index (χ4v) is 9.50. The zero-order valence-corrected chi connectivity index (χ0v) is 39.6. The zero-order valence-electron chi connectivity index (χ0n) is 35.7. The van der Waals surface area contributed by atoms with E-state index in [2.05, 4.69) is 39.8 Å². The minimum atomic E-state index is -4.46. The standard InChI is InChI=1S/2C24H36O3S.Ca/c2*1-3-5-7-9-11-14-20-15-13-17-22-21(20)18-19-24(28(25,26)27)23(22)16-12-10-8-6-4-2;/h2*13,15,17-19H,3-12,14,16H2,1-2H3,(H,25,26,27);/q;;+2/p-2. The van der Waals surface area contributed by atoms with Gasteiger partial charge in [0, 0.05) is 0 Å². The average Bonchev–Trinajstić information content (AvgIpc) is 3.17. The molecule has 312 valence electrons. The van der Waals surface area contributed by atoms with E-state index in [-0.39, 0.29) is 47.5 Å². The van der Waals surface area contributed by atoms with Gasteiger partial charge in [-0.3, -0.25) is 0 Å². The fraction of sp³-hybridized carbons (Fsp3) is 0.583. The van der Waals surface area contributed by atoms with E-state index in [0.717, 1.165) is 96.9 Å². The summed E-state index contributed by atoms with van der Waals surface area (Å²) >= 11 is 0. The number of unbranched alkanes of at least 4 members (excludes halogenated alkanes) is 16. The summed E-state index contributed by atoms with van der Waals surface area (Å²) in [5, 5.41) is 4.10. The van der Waals surface area contributed by atoms with E-state index in [4.69, 9.17) is 0 Å². The predicted molar refractivity (Wildman–Crippen MR) is 239 cm³/mol. The molecule has 4 aromatic rings. The molecule has 6 nitrogen and oxygen atoms in total. The van der Waals surface area contributed by atoms with Crippen LogP contribution in [0.4, 0.5) is 0 Å². The van der Waals surface area contributed by atoms with Gasteiger partial charge in [0.05, 0.1) is 9.79 Å². The van der Waals surface area contributed by atoms with Crippen LogP contribution in [0.15, 0.2) is 70.5 Å². The van der Waals surface area contributed by atoms with Gasteiger partial charge in [0.15, 0.2) is 0 Å². The molecule has 0 atom stereocenters. The van der Waals surface area contributed by atoms with Crippen molar-refractivity contribution in [1.29, 1.82) is 0 Å². The Labute approximate surface area is 376 Å². The molecule has 0 amide bonds. The first-order chi connectivity index (χ1) is 27.0. The number of hydrogen-bond acceptors (Lipinski definition) is 6. The second-order valence-electron chi connectivity index (χ2n) is 15.7. The maximum Gasteiger partial charge on any atom is 2.00 e. The number of benzene rings is 4. The summed E-state index contributed by atoms with van der Waals surface area (Å²) < 4.78 is 71.0. The van der Waals surface area contributed by atoms with Crippen LogP contribution in [0.5, 0.6) is 0 Å². The third kappa shape index (κ3) is 17.5. The number of fused-ring (bicyclic) bond motifs is 2. The first kappa shape index (κ1) is 51.6. The summed E-state index contributed by atoms with van der Waals surface area (Å²) in [6, 6.07) is 19.0. The molecule has 0 radical (unpaired) electrons. The summed E-state index contributed by atoms with van der Waals surface area (Å²) in [5.74, 6) is 0. The van der Waals surface area contributed by atoms with Crippen molar-refractivity contribution in [2.45, 2.75) is 192 Å². The summed E-state index contributed by atoms with van der Waals surface area (Å²) in [6.07, 6.45) is 26.7.